The summed E-state index contributed by atoms with van der Waals surface area (Å²) in [5.41, 5.74) is -0.0675. The molecule has 24 heavy (non-hydrogen) atoms. The molecular formula is C19H36N4O. The molecule has 0 aromatic heterocycles. The van der Waals surface area contributed by atoms with Crippen LogP contribution in [0.1, 0.15) is 59.3 Å². The molecule has 5 heteroatoms. The van der Waals surface area contributed by atoms with E-state index in [-0.39, 0.29) is 11.5 Å². The molecule has 1 saturated heterocycles. The highest BCUT2D eigenvalue weighted by Gasteiger charge is 2.39. The van der Waals surface area contributed by atoms with E-state index in [1.54, 1.807) is 0 Å². The van der Waals surface area contributed by atoms with Gasteiger partial charge < -0.3 is 15.7 Å². The lowest BCUT2D eigenvalue weighted by molar-refractivity contribution is 0.00715. The fraction of sp³-hybridized carbons (Fsp3) is 0.947. The van der Waals surface area contributed by atoms with Crippen molar-refractivity contribution in [2.45, 2.75) is 77.5 Å². The summed E-state index contributed by atoms with van der Waals surface area (Å²) < 4.78 is 0. The van der Waals surface area contributed by atoms with Crippen molar-refractivity contribution in [2.24, 2.45) is 16.3 Å². The normalized spacial score (nSPS) is 38.3. The third-order valence-corrected chi connectivity index (χ3v) is 6.25. The van der Waals surface area contributed by atoms with Crippen molar-refractivity contribution in [2.75, 3.05) is 26.2 Å². The molecule has 3 aliphatic rings. The molecule has 4 unspecified atom stereocenters. The van der Waals surface area contributed by atoms with Crippen molar-refractivity contribution < 1.29 is 5.11 Å². The highest BCUT2D eigenvalue weighted by atomic mass is 16.3. The first-order valence-corrected chi connectivity index (χ1v) is 9.99. The fourth-order valence-corrected chi connectivity index (χ4v) is 4.25. The summed E-state index contributed by atoms with van der Waals surface area (Å²) >= 11 is 0. The molecule has 0 bridgehead atoms. The van der Waals surface area contributed by atoms with Crippen LogP contribution in [0.3, 0.4) is 0 Å². The number of hydrogen-bond acceptors (Lipinski definition) is 3. The van der Waals surface area contributed by atoms with Crippen LogP contribution in [0.5, 0.6) is 0 Å². The predicted molar refractivity (Wildman–Crippen MR) is 99.2 cm³/mol. The van der Waals surface area contributed by atoms with Crippen molar-refractivity contribution in [3.8, 4) is 0 Å². The molecule has 1 aliphatic heterocycles. The van der Waals surface area contributed by atoms with E-state index in [1.165, 1.54) is 25.8 Å². The SMILES string of the molecule is CCNC(=NCC1(C)CCCCC1O)NC1CN(C2CC2)CC1C. The third kappa shape index (κ3) is 4.23. The van der Waals surface area contributed by atoms with Gasteiger partial charge in [-0.25, -0.2) is 0 Å². The Bertz CT molecular complexity index is 451. The van der Waals surface area contributed by atoms with E-state index in [9.17, 15) is 5.11 Å². The highest BCUT2D eigenvalue weighted by Crippen LogP contribution is 2.36. The van der Waals surface area contributed by atoms with Gasteiger partial charge in [0.1, 0.15) is 0 Å². The van der Waals surface area contributed by atoms with Crippen molar-refractivity contribution >= 4 is 5.96 Å². The van der Waals surface area contributed by atoms with Gasteiger partial charge in [0.15, 0.2) is 5.96 Å². The molecule has 0 spiro atoms. The number of nitrogens with one attached hydrogen (secondary N) is 2. The number of nitrogens with zero attached hydrogens (tertiary/aromatic N) is 2. The number of aliphatic imine (C=N–C) groups is 1. The Morgan fingerprint density at radius 1 is 1.25 bits per heavy atom. The molecule has 0 aromatic carbocycles. The topological polar surface area (TPSA) is 59.9 Å². The number of rotatable bonds is 5. The molecule has 2 aliphatic carbocycles. The Morgan fingerprint density at radius 2 is 2.04 bits per heavy atom. The van der Waals surface area contributed by atoms with Crippen molar-refractivity contribution in [1.29, 1.82) is 0 Å². The van der Waals surface area contributed by atoms with E-state index < -0.39 is 0 Å². The van der Waals surface area contributed by atoms with E-state index >= 15 is 0 Å². The van der Waals surface area contributed by atoms with Gasteiger partial charge in [-0.2, -0.15) is 0 Å². The maximum absolute atomic E-state index is 10.4. The molecule has 5 nitrogen and oxygen atoms in total. The van der Waals surface area contributed by atoms with Crippen LogP contribution < -0.4 is 10.6 Å². The van der Waals surface area contributed by atoms with Gasteiger partial charge in [-0.1, -0.05) is 26.7 Å². The zero-order valence-corrected chi connectivity index (χ0v) is 15.7. The second kappa shape index (κ2) is 7.61. The zero-order chi connectivity index (χ0) is 17.2. The first-order chi connectivity index (χ1) is 11.5. The van der Waals surface area contributed by atoms with Crippen LogP contribution >= 0.6 is 0 Å². The second-order valence-corrected chi connectivity index (χ2v) is 8.52. The number of guanidine groups is 1. The van der Waals surface area contributed by atoms with E-state index in [0.29, 0.717) is 18.5 Å². The summed E-state index contributed by atoms with van der Waals surface area (Å²) in [5, 5.41) is 17.4. The minimum absolute atomic E-state index is 0.0675. The minimum Gasteiger partial charge on any atom is -0.392 e. The van der Waals surface area contributed by atoms with Crippen LogP contribution in [0.2, 0.25) is 0 Å². The standard InChI is InChI=1S/C19H36N4O/c1-4-20-18(21-13-19(3)10-6-5-7-17(19)24)22-16-12-23(11-14(16)2)15-8-9-15/h14-17,24H,4-13H2,1-3H3,(H2,20,21,22). The number of likely N-dealkylation sites (tertiary alicyclic amines) is 1. The Labute approximate surface area is 147 Å². The largest absolute Gasteiger partial charge is 0.392 e. The Balaban J connectivity index is 1.59. The first-order valence-electron chi connectivity index (χ1n) is 9.99. The molecule has 0 radical (unpaired) electrons. The Morgan fingerprint density at radius 3 is 2.71 bits per heavy atom. The van der Waals surface area contributed by atoms with Crippen LogP contribution in [0.25, 0.3) is 0 Å². The fourth-order valence-electron chi connectivity index (χ4n) is 4.25. The van der Waals surface area contributed by atoms with Gasteiger partial charge in [0, 0.05) is 37.1 Å². The highest BCUT2D eigenvalue weighted by molar-refractivity contribution is 5.80. The Hall–Kier alpha value is -0.810. The average Bonchev–Trinajstić information content (AvgIpc) is 3.34. The summed E-state index contributed by atoms with van der Waals surface area (Å²) in [6.07, 6.45) is 6.90. The summed E-state index contributed by atoms with van der Waals surface area (Å²) in [7, 11) is 0. The summed E-state index contributed by atoms with van der Waals surface area (Å²) in [4.78, 5) is 7.50. The monoisotopic (exact) mass is 336 g/mol. The van der Waals surface area contributed by atoms with Gasteiger partial charge in [-0.05, 0) is 38.5 Å². The number of aliphatic hydroxyl groups is 1. The van der Waals surface area contributed by atoms with Gasteiger partial charge in [0.2, 0.25) is 0 Å². The van der Waals surface area contributed by atoms with Gasteiger partial charge in [-0.15, -0.1) is 0 Å². The van der Waals surface area contributed by atoms with Crippen LogP contribution in [0.4, 0.5) is 0 Å². The van der Waals surface area contributed by atoms with E-state index in [1.807, 2.05) is 0 Å². The van der Waals surface area contributed by atoms with Crippen molar-refractivity contribution in [3.05, 3.63) is 0 Å². The van der Waals surface area contributed by atoms with Gasteiger partial charge in [0.05, 0.1) is 12.6 Å². The maximum Gasteiger partial charge on any atom is 0.191 e. The van der Waals surface area contributed by atoms with E-state index in [2.05, 4.69) is 36.3 Å². The molecule has 3 N–H and O–H groups in total. The molecule has 2 saturated carbocycles. The third-order valence-electron chi connectivity index (χ3n) is 6.25. The molecule has 3 fully saturated rings. The molecule has 138 valence electrons. The summed E-state index contributed by atoms with van der Waals surface area (Å²) in [6, 6.07) is 1.32. The van der Waals surface area contributed by atoms with Crippen LogP contribution in [-0.4, -0.2) is 60.3 Å². The van der Waals surface area contributed by atoms with Crippen LogP contribution in [0, 0.1) is 11.3 Å². The molecule has 0 amide bonds. The van der Waals surface area contributed by atoms with Gasteiger partial charge in [-0.3, -0.25) is 9.89 Å². The lowest BCUT2D eigenvalue weighted by Gasteiger charge is -2.37. The van der Waals surface area contributed by atoms with E-state index in [0.717, 1.165) is 44.4 Å². The van der Waals surface area contributed by atoms with E-state index in [4.69, 9.17) is 4.99 Å². The number of aliphatic hydroxyl groups excluding tert-OH is 1. The summed E-state index contributed by atoms with van der Waals surface area (Å²) in [5.74, 6) is 1.58. The summed E-state index contributed by atoms with van der Waals surface area (Å²) in [6.45, 7) is 10.6. The molecule has 3 rings (SSSR count). The van der Waals surface area contributed by atoms with Crippen molar-refractivity contribution in [1.82, 2.24) is 15.5 Å². The predicted octanol–water partition coefficient (Wildman–Crippen LogP) is 1.97. The maximum atomic E-state index is 10.4. The molecule has 4 atom stereocenters. The lowest BCUT2D eigenvalue weighted by atomic mass is 9.73. The number of hydrogen-bond donors (Lipinski definition) is 3. The zero-order valence-electron chi connectivity index (χ0n) is 15.7. The van der Waals surface area contributed by atoms with Crippen LogP contribution in [0.15, 0.2) is 4.99 Å². The van der Waals surface area contributed by atoms with Gasteiger partial charge in [0.25, 0.3) is 0 Å². The van der Waals surface area contributed by atoms with Crippen molar-refractivity contribution in [3.63, 3.8) is 0 Å². The smallest absolute Gasteiger partial charge is 0.191 e. The average molecular weight is 337 g/mol. The Kier molecular flexibility index (Phi) is 5.70. The van der Waals surface area contributed by atoms with Gasteiger partial charge >= 0.3 is 0 Å². The lowest BCUT2D eigenvalue weighted by Crippen LogP contribution is -2.47. The van der Waals surface area contributed by atoms with Crippen LogP contribution in [-0.2, 0) is 0 Å². The minimum atomic E-state index is -0.214. The first kappa shape index (κ1) is 18.0. The quantitative estimate of drug-likeness (QED) is 0.531. The molecule has 1 heterocycles. The second-order valence-electron chi connectivity index (χ2n) is 8.52. The molecule has 0 aromatic rings. The molecular weight excluding hydrogens is 300 g/mol.